The molecule has 1 aromatic carbocycles. The first-order chi connectivity index (χ1) is 8.47. The fourth-order valence-electron chi connectivity index (χ4n) is 1.49. The van der Waals surface area contributed by atoms with Crippen LogP contribution in [0.3, 0.4) is 0 Å². The number of anilines is 2. The Morgan fingerprint density at radius 2 is 1.95 bits per heavy atom. The largest absolute Gasteiger partial charge is 0.408 e. The van der Waals surface area contributed by atoms with Gasteiger partial charge in [0.1, 0.15) is 5.82 Å². The maximum absolute atomic E-state index is 11.6. The van der Waals surface area contributed by atoms with E-state index in [1.165, 1.54) is 12.5 Å². The first kappa shape index (κ1) is 16.2. The third-order valence-corrected chi connectivity index (χ3v) is 3.42. The molecule has 0 bridgehead atoms. The van der Waals surface area contributed by atoms with E-state index in [9.17, 15) is 8.42 Å². The van der Waals surface area contributed by atoms with E-state index in [0.29, 0.717) is 17.3 Å². The zero-order valence-electron chi connectivity index (χ0n) is 10.6. The Morgan fingerprint density at radius 3 is 2.58 bits per heavy atom. The molecule has 0 spiro atoms. The van der Waals surface area contributed by atoms with Gasteiger partial charge in [-0.3, -0.25) is 9.97 Å². The van der Waals surface area contributed by atoms with E-state index in [-0.39, 0.29) is 37.6 Å². The predicted octanol–water partition coefficient (Wildman–Crippen LogP) is 1.73. The summed E-state index contributed by atoms with van der Waals surface area (Å²) in [6.07, 6.45) is 2.66. The van der Waals surface area contributed by atoms with Crippen molar-refractivity contribution in [3.05, 3.63) is 42.4 Å². The molecular weight excluding hydrogens is 339 g/mol. The minimum Gasteiger partial charge on any atom is -0.408 e. The van der Waals surface area contributed by atoms with Crippen LogP contribution in [0, 0.1) is 13.0 Å². The van der Waals surface area contributed by atoms with Crippen LogP contribution in [0.1, 0.15) is 5.82 Å². The van der Waals surface area contributed by atoms with E-state index < -0.39 is 9.84 Å². The van der Waals surface area contributed by atoms with Gasteiger partial charge in [-0.05, 0) is 24.9 Å². The molecule has 0 aliphatic rings. The Morgan fingerprint density at radius 1 is 1.26 bits per heavy atom. The number of hydrogen-bond acceptors (Lipinski definition) is 5. The molecule has 0 saturated carbocycles. The molecule has 1 radical (unpaired) electrons. The van der Waals surface area contributed by atoms with Gasteiger partial charge < -0.3 is 11.4 Å². The Kier molecular flexibility index (Phi) is 5.58. The minimum absolute atomic E-state index is 0. The summed E-state index contributed by atoms with van der Waals surface area (Å²) in [7, 11) is -3.28. The molecule has 19 heavy (non-hydrogen) atoms. The van der Waals surface area contributed by atoms with Crippen LogP contribution in [0.2, 0.25) is 0 Å². The van der Waals surface area contributed by atoms with E-state index in [1.807, 2.05) is 0 Å². The van der Waals surface area contributed by atoms with Gasteiger partial charge in [0.05, 0.1) is 10.6 Å². The van der Waals surface area contributed by atoms with Gasteiger partial charge in [-0.15, -0.1) is 6.20 Å². The van der Waals surface area contributed by atoms with E-state index in [4.69, 9.17) is 0 Å². The van der Waals surface area contributed by atoms with Crippen molar-refractivity contribution in [2.75, 3.05) is 11.6 Å². The van der Waals surface area contributed by atoms with E-state index in [1.54, 1.807) is 31.2 Å². The number of rotatable bonds is 3. The fourth-order valence-corrected chi connectivity index (χ4v) is 2.34. The van der Waals surface area contributed by atoms with E-state index >= 15 is 0 Å². The van der Waals surface area contributed by atoms with Crippen LogP contribution in [0.4, 0.5) is 11.5 Å². The first-order valence-electron chi connectivity index (χ1n) is 5.24. The molecule has 0 saturated heterocycles. The van der Waals surface area contributed by atoms with Crippen molar-refractivity contribution in [3.8, 4) is 0 Å². The standard InChI is InChI=1S/C12H12N3O2S.Y/c1-9-13-8-7-12(14-9)15-10-5-3-4-6-11(10)18(2,16)17;/h3-6,8H,1-2H3,(H,13,14,15);/q-1;. The number of nitrogens with zero attached hydrogens (tertiary/aromatic N) is 2. The average Bonchev–Trinajstić information content (AvgIpc) is 2.28. The average molecular weight is 351 g/mol. The number of hydrogen-bond donors (Lipinski definition) is 1. The molecule has 1 heterocycles. The number of nitrogens with one attached hydrogen (secondary N) is 1. The minimum atomic E-state index is -3.28. The Hall–Kier alpha value is -0.846. The van der Waals surface area contributed by atoms with Crippen molar-refractivity contribution in [2.45, 2.75) is 11.8 Å². The van der Waals surface area contributed by atoms with E-state index in [0.717, 1.165) is 0 Å². The second-order valence-electron chi connectivity index (χ2n) is 3.80. The molecule has 97 valence electrons. The molecule has 0 unspecified atom stereocenters. The molecule has 2 rings (SSSR count). The van der Waals surface area contributed by atoms with Gasteiger partial charge in [0.15, 0.2) is 9.84 Å². The van der Waals surface area contributed by atoms with Crippen LogP contribution < -0.4 is 5.32 Å². The molecule has 1 N–H and O–H groups in total. The number of aryl methyl sites for hydroxylation is 1. The molecule has 0 aliphatic heterocycles. The summed E-state index contributed by atoms with van der Waals surface area (Å²) in [6.45, 7) is 1.75. The third kappa shape index (κ3) is 4.33. The van der Waals surface area contributed by atoms with Crippen LogP contribution in [0.5, 0.6) is 0 Å². The van der Waals surface area contributed by atoms with Crippen molar-refractivity contribution in [3.63, 3.8) is 0 Å². The maximum atomic E-state index is 11.6. The Labute approximate surface area is 137 Å². The summed E-state index contributed by atoms with van der Waals surface area (Å²) in [4.78, 5) is 8.28. The van der Waals surface area contributed by atoms with Gasteiger partial charge in [-0.2, -0.15) is 0 Å². The summed E-state index contributed by atoms with van der Waals surface area (Å²) in [5, 5.41) is 2.93. The summed E-state index contributed by atoms with van der Waals surface area (Å²) in [5.74, 6) is 1.03. The van der Waals surface area contributed by atoms with Crippen molar-refractivity contribution >= 4 is 21.3 Å². The Balaban J connectivity index is 0.00000180. The van der Waals surface area contributed by atoms with Crippen LogP contribution in [-0.2, 0) is 42.5 Å². The molecule has 1 aromatic heterocycles. The second-order valence-corrected chi connectivity index (χ2v) is 5.79. The van der Waals surface area contributed by atoms with Gasteiger partial charge in [-0.1, -0.05) is 12.1 Å². The van der Waals surface area contributed by atoms with Crippen LogP contribution in [0.15, 0.2) is 35.4 Å². The maximum Gasteiger partial charge on any atom is 0.177 e. The normalized spacial score (nSPS) is 10.6. The summed E-state index contributed by atoms with van der Waals surface area (Å²) >= 11 is 0. The SMILES string of the molecule is Cc1nc[c-]c(Nc2ccccc2S(C)(=O)=O)n1.[Y]. The number of aromatic nitrogens is 2. The second kappa shape index (κ2) is 6.54. The van der Waals surface area contributed by atoms with Crippen molar-refractivity contribution in [2.24, 2.45) is 0 Å². The molecular formula is C12H12N3O2SY-. The smallest absolute Gasteiger partial charge is 0.177 e. The van der Waals surface area contributed by atoms with Gasteiger partial charge in [-0.25, -0.2) is 8.42 Å². The van der Waals surface area contributed by atoms with Crippen LogP contribution >= 0.6 is 0 Å². The molecule has 0 atom stereocenters. The summed E-state index contributed by atoms with van der Waals surface area (Å²) in [6, 6.07) is 9.47. The van der Waals surface area contributed by atoms with Crippen molar-refractivity contribution < 1.29 is 41.1 Å². The topological polar surface area (TPSA) is 72.0 Å². The molecule has 2 aromatic rings. The van der Waals surface area contributed by atoms with Gasteiger partial charge in [0.2, 0.25) is 0 Å². The Bertz CT molecular complexity index is 674. The van der Waals surface area contributed by atoms with Crippen LogP contribution in [-0.4, -0.2) is 24.6 Å². The van der Waals surface area contributed by atoms with Gasteiger partial charge in [0.25, 0.3) is 0 Å². The zero-order chi connectivity index (χ0) is 13.2. The van der Waals surface area contributed by atoms with Crippen LogP contribution in [0.25, 0.3) is 0 Å². The predicted molar refractivity (Wildman–Crippen MR) is 68.4 cm³/mol. The zero-order valence-corrected chi connectivity index (χ0v) is 14.2. The quantitative estimate of drug-likeness (QED) is 0.853. The molecule has 0 fully saturated rings. The summed E-state index contributed by atoms with van der Waals surface area (Å²) < 4.78 is 23.3. The molecule has 5 nitrogen and oxygen atoms in total. The molecule has 7 heteroatoms. The molecule has 0 aliphatic carbocycles. The fraction of sp³-hybridized carbons (Fsp3) is 0.167. The summed E-state index contributed by atoms with van der Waals surface area (Å²) in [5.41, 5.74) is 0.481. The number of sulfone groups is 1. The third-order valence-electron chi connectivity index (χ3n) is 2.27. The number of benzene rings is 1. The molecule has 0 amide bonds. The number of para-hydroxylation sites is 1. The van der Waals surface area contributed by atoms with Crippen molar-refractivity contribution in [1.29, 1.82) is 0 Å². The van der Waals surface area contributed by atoms with E-state index in [2.05, 4.69) is 21.4 Å². The first-order valence-corrected chi connectivity index (χ1v) is 7.13. The van der Waals surface area contributed by atoms with Crippen molar-refractivity contribution in [1.82, 2.24) is 9.97 Å². The van der Waals surface area contributed by atoms with Gasteiger partial charge in [0, 0.05) is 39.0 Å². The van der Waals surface area contributed by atoms with Gasteiger partial charge >= 0.3 is 0 Å². The monoisotopic (exact) mass is 351 g/mol.